The van der Waals surface area contributed by atoms with Crippen molar-refractivity contribution in [1.29, 1.82) is 0 Å². The van der Waals surface area contributed by atoms with E-state index in [1.165, 1.54) is 55.8 Å². The lowest BCUT2D eigenvalue weighted by atomic mass is 10.0. The molecule has 3 heteroatoms. The van der Waals surface area contributed by atoms with Gasteiger partial charge in [-0.1, -0.05) is 6.92 Å². The van der Waals surface area contributed by atoms with Crippen molar-refractivity contribution in [2.75, 3.05) is 19.6 Å². The van der Waals surface area contributed by atoms with E-state index < -0.39 is 0 Å². The van der Waals surface area contributed by atoms with Gasteiger partial charge in [-0.2, -0.15) is 0 Å². The van der Waals surface area contributed by atoms with Crippen LogP contribution in [-0.4, -0.2) is 34.5 Å². The molecule has 92 valence electrons. The monoisotopic (exact) mass is 231 g/mol. The molecule has 0 radical (unpaired) electrons. The van der Waals surface area contributed by atoms with Gasteiger partial charge in [-0.25, -0.2) is 9.97 Å². The highest BCUT2D eigenvalue weighted by Gasteiger charge is 2.29. The van der Waals surface area contributed by atoms with E-state index in [1.807, 2.05) is 0 Å². The first-order valence-electron chi connectivity index (χ1n) is 6.93. The van der Waals surface area contributed by atoms with Gasteiger partial charge in [-0.3, -0.25) is 0 Å². The predicted octanol–water partition coefficient (Wildman–Crippen LogP) is 2.16. The third kappa shape index (κ3) is 2.34. The molecule has 1 fully saturated rings. The van der Waals surface area contributed by atoms with Crippen LogP contribution in [0.2, 0.25) is 0 Å². The zero-order valence-electron chi connectivity index (χ0n) is 10.7. The molecule has 0 N–H and O–H groups in total. The summed E-state index contributed by atoms with van der Waals surface area (Å²) >= 11 is 0. The molecule has 1 aromatic heterocycles. The second-order valence-electron chi connectivity index (χ2n) is 5.30. The van der Waals surface area contributed by atoms with Gasteiger partial charge in [0, 0.05) is 31.1 Å². The highest BCUT2D eigenvalue weighted by atomic mass is 15.1. The topological polar surface area (TPSA) is 29.0 Å². The fourth-order valence-electron chi connectivity index (χ4n) is 2.85. The highest BCUT2D eigenvalue weighted by molar-refractivity contribution is 5.31. The van der Waals surface area contributed by atoms with Crippen LogP contribution in [0.5, 0.6) is 0 Å². The zero-order valence-corrected chi connectivity index (χ0v) is 10.7. The van der Waals surface area contributed by atoms with Crippen LogP contribution in [0.3, 0.4) is 0 Å². The summed E-state index contributed by atoms with van der Waals surface area (Å²) in [4.78, 5) is 11.6. The maximum atomic E-state index is 4.54. The molecule has 0 saturated heterocycles. The van der Waals surface area contributed by atoms with Gasteiger partial charge in [0.15, 0.2) is 0 Å². The Labute approximate surface area is 103 Å². The number of rotatable bonds is 3. The lowest BCUT2D eigenvalue weighted by molar-refractivity contribution is 0.287. The molecule has 0 unspecified atom stereocenters. The average Bonchev–Trinajstić information content (AvgIpc) is 3.16. The second-order valence-corrected chi connectivity index (χ2v) is 5.30. The van der Waals surface area contributed by atoms with Gasteiger partial charge >= 0.3 is 0 Å². The number of fused-ring (bicyclic) bond motifs is 1. The Balaban J connectivity index is 1.82. The standard InChI is InChI=1S/C14H21N3/c1-2-7-17-8-5-12-13(6-9-17)15-10-16-14(12)11-3-4-11/h10-11H,2-9H2,1H3. The molecule has 17 heavy (non-hydrogen) atoms. The van der Waals surface area contributed by atoms with E-state index in [-0.39, 0.29) is 0 Å². The quantitative estimate of drug-likeness (QED) is 0.798. The minimum atomic E-state index is 0.754. The van der Waals surface area contributed by atoms with Crippen LogP contribution in [0.15, 0.2) is 6.33 Å². The van der Waals surface area contributed by atoms with E-state index in [0.29, 0.717) is 0 Å². The van der Waals surface area contributed by atoms with Crippen molar-refractivity contribution in [3.8, 4) is 0 Å². The molecular formula is C14H21N3. The number of hydrogen-bond acceptors (Lipinski definition) is 3. The van der Waals surface area contributed by atoms with Crippen LogP contribution in [0.1, 0.15) is 49.1 Å². The number of aromatic nitrogens is 2. The Bertz CT molecular complexity index is 398. The molecule has 2 heterocycles. The van der Waals surface area contributed by atoms with E-state index in [0.717, 1.165) is 18.8 Å². The lowest BCUT2D eigenvalue weighted by Crippen LogP contribution is -2.27. The van der Waals surface area contributed by atoms with Gasteiger partial charge in [-0.15, -0.1) is 0 Å². The molecule has 0 atom stereocenters. The summed E-state index contributed by atoms with van der Waals surface area (Å²) in [7, 11) is 0. The van der Waals surface area contributed by atoms with Gasteiger partial charge in [0.2, 0.25) is 0 Å². The molecule has 2 aliphatic rings. The third-order valence-electron chi connectivity index (χ3n) is 3.91. The molecular weight excluding hydrogens is 210 g/mol. The van der Waals surface area contributed by atoms with Crippen molar-refractivity contribution in [2.45, 2.75) is 44.9 Å². The van der Waals surface area contributed by atoms with Gasteiger partial charge < -0.3 is 4.90 Å². The Morgan fingerprint density at radius 2 is 2.06 bits per heavy atom. The fraction of sp³-hybridized carbons (Fsp3) is 0.714. The van der Waals surface area contributed by atoms with Crippen LogP contribution in [0.4, 0.5) is 0 Å². The maximum absolute atomic E-state index is 4.54. The maximum Gasteiger partial charge on any atom is 0.115 e. The summed E-state index contributed by atoms with van der Waals surface area (Å²) in [6, 6.07) is 0. The molecule has 0 aromatic carbocycles. The summed E-state index contributed by atoms with van der Waals surface area (Å²) in [5.41, 5.74) is 4.17. The van der Waals surface area contributed by atoms with E-state index in [1.54, 1.807) is 6.33 Å². The first kappa shape index (κ1) is 11.1. The molecule has 1 aliphatic heterocycles. The Kier molecular flexibility index (Phi) is 3.10. The minimum absolute atomic E-state index is 0.754. The summed E-state index contributed by atoms with van der Waals surface area (Å²) in [6.45, 7) is 5.84. The second kappa shape index (κ2) is 4.73. The number of hydrogen-bond donors (Lipinski definition) is 0. The van der Waals surface area contributed by atoms with Gasteiger partial charge in [-0.05, 0) is 37.8 Å². The molecule has 3 nitrogen and oxygen atoms in total. The van der Waals surface area contributed by atoms with Gasteiger partial charge in [0.1, 0.15) is 6.33 Å². The Hall–Kier alpha value is -0.960. The Morgan fingerprint density at radius 3 is 2.82 bits per heavy atom. The number of nitrogens with zero attached hydrogens (tertiary/aromatic N) is 3. The van der Waals surface area contributed by atoms with Crippen molar-refractivity contribution in [3.63, 3.8) is 0 Å². The van der Waals surface area contributed by atoms with Gasteiger partial charge in [0.25, 0.3) is 0 Å². The summed E-state index contributed by atoms with van der Waals surface area (Å²) in [5, 5.41) is 0. The third-order valence-corrected chi connectivity index (χ3v) is 3.91. The van der Waals surface area contributed by atoms with Crippen LogP contribution in [-0.2, 0) is 12.8 Å². The predicted molar refractivity (Wildman–Crippen MR) is 68.1 cm³/mol. The van der Waals surface area contributed by atoms with Crippen molar-refractivity contribution in [3.05, 3.63) is 23.3 Å². The van der Waals surface area contributed by atoms with E-state index in [4.69, 9.17) is 0 Å². The smallest absolute Gasteiger partial charge is 0.115 e. The largest absolute Gasteiger partial charge is 0.303 e. The van der Waals surface area contributed by atoms with Crippen LogP contribution in [0.25, 0.3) is 0 Å². The highest BCUT2D eigenvalue weighted by Crippen LogP contribution is 2.41. The summed E-state index contributed by atoms with van der Waals surface area (Å²) in [6.07, 6.45) is 7.96. The van der Waals surface area contributed by atoms with Crippen molar-refractivity contribution >= 4 is 0 Å². The molecule has 1 aliphatic carbocycles. The van der Waals surface area contributed by atoms with E-state index >= 15 is 0 Å². The van der Waals surface area contributed by atoms with Crippen molar-refractivity contribution in [2.24, 2.45) is 0 Å². The lowest BCUT2D eigenvalue weighted by Gasteiger charge is -2.18. The molecule has 1 aromatic rings. The van der Waals surface area contributed by atoms with Crippen LogP contribution in [0, 0.1) is 0 Å². The molecule has 0 spiro atoms. The molecule has 3 rings (SSSR count). The minimum Gasteiger partial charge on any atom is -0.303 e. The molecule has 0 amide bonds. The SMILES string of the molecule is CCCN1CCc2ncnc(C3CC3)c2CC1. The summed E-state index contributed by atoms with van der Waals surface area (Å²) < 4.78 is 0. The summed E-state index contributed by atoms with van der Waals surface area (Å²) in [5.74, 6) is 0.754. The molecule has 1 saturated carbocycles. The average molecular weight is 231 g/mol. The van der Waals surface area contributed by atoms with Gasteiger partial charge in [0.05, 0.1) is 5.69 Å². The first-order chi connectivity index (χ1) is 8.38. The van der Waals surface area contributed by atoms with Crippen LogP contribution >= 0.6 is 0 Å². The zero-order chi connectivity index (χ0) is 11.7. The van der Waals surface area contributed by atoms with E-state index in [9.17, 15) is 0 Å². The van der Waals surface area contributed by atoms with Crippen molar-refractivity contribution < 1.29 is 0 Å². The first-order valence-corrected chi connectivity index (χ1v) is 6.93. The van der Waals surface area contributed by atoms with Crippen molar-refractivity contribution in [1.82, 2.24) is 14.9 Å². The van der Waals surface area contributed by atoms with E-state index in [2.05, 4.69) is 21.8 Å². The molecule has 0 bridgehead atoms. The Morgan fingerprint density at radius 1 is 1.24 bits per heavy atom. The normalized spacial score (nSPS) is 21.0. The van der Waals surface area contributed by atoms with Crippen LogP contribution < -0.4 is 0 Å². The fourth-order valence-corrected chi connectivity index (χ4v) is 2.85.